The first-order chi connectivity index (χ1) is 9.29. The lowest BCUT2D eigenvalue weighted by molar-refractivity contribution is -0.151. The van der Waals surface area contributed by atoms with Crippen molar-refractivity contribution in [3.63, 3.8) is 0 Å². The van der Waals surface area contributed by atoms with Crippen LogP contribution in [0.5, 0.6) is 0 Å². The summed E-state index contributed by atoms with van der Waals surface area (Å²) < 4.78 is 10.5. The van der Waals surface area contributed by atoms with Gasteiger partial charge in [-0.15, -0.1) is 0 Å². The van der Waals surface area contributed by atoms with Crippen molar-refractivity contribution in [3.8, 4) is 0 Å². The van der Waals surface area contributed by atoms with Crippen LogP contribution in [0.25, 0.3) is 0 Å². The van der Waals surface area contributed by atoms with Gasteiger partial charge in [0.1, 0.15) is 18.8 Å². The molecule has 0 amide bonds. The normalized spacial score (nSPS) is 14.7. The molecule has 0 aromatic heterocycles. The predicted octanol–water partition coefficient (Wildman–Crippen LogP) is 1.23. The van der Waals surface area contributed by atoms with E-state index in [0.717, 1.165) is 5.56 Å². The maximum Gasteiger partial charge on any atom is 0.326 e. The minimum atomic E-state index is -1.11. The van der Waals surface area contributed by atoms with Crippen LogP contribution < -0.4 is 5.73 Å². The van der Waals surface area contributed by atoms with E-state index in [1.165, 1.54) is 0 Å². The molecule has 0 saturated carbocycles. The van der Waals surface area contributed by atoms with E-state index in [2.05, 4.69) is 0 Å². The summed E-state index contributed by atoms with van der Waals surface area (Å²) in [7, 11) is 0. The lowest BCUT2D eigenvalue weighted by Gasteiger charge is -2.24. The number of rotatable bonds is 6. The Kier molecular flexibility index (Phi) is 6.13. The van der Waals surface area contributed by atoms with Crippen molar-refractivity contribution < 1.29 is 19.4 Å². The third-order valence-corrected chi connectivity index (χ3v) is 2.60. The Bertz CT molecular complexity index is 414. The molecule has 0 spiro atoms. The largest absolute Gasteiger partial charge is 0.460 e. The van der Waals surface area contributed by atoms with E-state index >= 15 is 0 Å². The number of hydrogen-bond acceptors (Lipinski definition) is 5. The van der Waals surface area contributed by atoms with Gasteiger partial charge in [-0.2, -0.15) is 0 Å². The van der Waals surface area contributed by atoms with Crippen molar-refractivity contribution in [2.45, 2.75) is 45.1 Å². The van der Waals surface area contributed by atoms with E-state index in [-0.39, 0.29) is 13.2 Å². The van der Waals surface area contributed by atoms with Crippen LogP contribution in [0.1, 0.15) is 26.3 Å². The molecule has 5 heteroatoms. The first-order valence-corrected chi connectivity index (χ1v) is 6.58. The molecular weight excluding hydrogens is 258 g/mol. The Morgan fingerprint density at radius 2 is 1.90 bits per heavy atom. The van der Waals surface area contributed by atoms with Crippen LogP contribution in [0.2, 0.25) is 0 Å². The molecule has 0 saturated heterocycles. The first-order valence-electron chi connectivity index (χ1n) is 6.58. The molecule has 1 aromatic rings. The average Bonchev–Trinajstić information content (AvgIpc) is 2.41. The molecule has 20 heavy (non-hydrogen) atoms. The Morgan fingerprint density at radius 3 is 2.45 bits per heavy atom. The van der Waals surface area contributed by atoms with Crippen LogP contribution in [0, 0.1) is 0 Å². The van der Waals surface area contributed by atoms with E-state index in [1.54, 1.807) is 0 Å². The molecule has 5 nitrogen and oxygen atoms in total. The van der Waals surface area contributed by atoms with E-state index in [0.29, 0.717) is 0 Å². The Hall–Kier alpha value is -1.43. The highest BCUT2D eigenvalue weighted by Gasteiger charge is 2.26. The van der Waals surface area contributed by atoms with Gasteiger partial charge in [-0.3, -0.25) is 4.79 Å². The fourth-order valence-corrected chi connectivity index (χ4v) is 1.42. The highest BCUT2D eigenvalue weighted by atomic mass is 16.5. The number of aliphatic hydroxyl groups excluding tert-OH is 1. The molecule has 0 heterocycles. The minimum Gasteiger partial charge on any atom is -0.460 e. The Labute approximate surface area is 119 Å². The van der Waals surface area contributed by atoms with Crippen LogP contribution in [0.15, 0.2) is 30.3 Å². The molecule has 112 valence electrons. The number of benzene rings is 1. The second-order valence-corrected chi connectivity index (χ2v) is 5.61. The third kappa shape index (κ3) is 6.14. The molecule has 0 aliphatic heterocycles. The van der Waals surface area contributed by atoms with Gasteiger partial charge in [-0.05, 0) is 26.3 Å². The smallest absolute Gasteiger partial charge is 0.326 e. The molecular formula is C15H23NO4. The van der Waals surface area contributed by atoms with Crippen LogP contribution in [0.4, 0.5) is 0 Å². The lowest BCUT2D eigenvalue weighted by atomic mass is 10.1. The van der Waals surface area contributed by atoms with Crippen molar-refractivity contribution in [1.82, 2.24) is 0 Å². The van der Waals surface area contributed by atoms with Crippen LogP contribution in [-0.4, -0.2) is 35.4 Å². The van der Waals surface area contributed by atoms with Crippen molar-refractivity contribution in [3.05, 3.63) is 35.9 Å². The highest BCUT2D eigenvalue weighted by Crippen LogP contribution is 2.09. The number of ether oxygens (including phenoxy) is 2. The SMILES string of the molecule is CC(C)(C)OCC(O)C(N)C(=O)OCc1ccccc1. The van der Waals surface area contributed by atoms with E-state index in [4.69, 9.17) is 15.2 Å². The first kappa shape index (κ1) is 16.6. The summed E-state index contributed by atoms with van der Waals surface area (Å²) in [4.78, 5) is 11.7. The van der Waals surface area contributed by atoms with Crippen LogP contribution in [-0.2, 0) is 20.9 Å². The zero-order valence-electron chi connectivity index (χ0n) is 12.2. The number of carbonyl (C=O) groups excluding carboxylic acids is 1. The fraction of sp³-hybridized carbons (Fsp3) is 0.533. The van der Waals surface area contributed by atoms with Crippen LogP contribution >= 0.6 is 0 Å². The summed E-state index contributed by atoms with van der Waals surface area (Å²) in [5.74, 6) is -0.640. The summed E-state index contributed by atoms with van der Waals surface area (Å²) in [6, 6.07) is 8.17. The summed E-state index contributed by atoms with van der Waals surface area (Å²) in [5, 5.41) is 9.80. The Morgan fingerprint density at radius 1 is 1.30 bits per heavy atom. The number of hydrogen-bond donors (Lipinski definition) is 2. The standard InChI is InChI=1S/C15H23NO4/c1-15(2,3)20-10-12(17)13(16)14(18)19-9-11-7-5-4-6-8-11/h4-8,12-13,17H,9-10,16H2,1-3H3. The van der Waals surface area contributed by atoms with Gasteiger partial charge < -0.3 is 20.3 Å². The van der Waals surface area contributed by atoms with E-state index in [9.17, 15) is 9.90 Å². The van der Waals surface area contributed by atoms with Gasteiger partial charge in [0, 0.05) is 0 Å². The number of carbonyl (C=O) groups is 1. The van der Waals surface area contributed by atoms with Crippen molar-refractivity contribution in [2.75, 3.05) is 6.61 Å². The van der Waals surface area contributed by atoms with E-state index < -0.39 is 23.7 Å². The fourth-order valence-electron chi connectivity index (χ4n) is 1.42. The van der Waals surface area contributed by atoms with Gasteiger partial charge >= 0.3 is 5.97 Å². The molecule has 3 N–H and O–H groups in total. The third-order valence-electron chi connectivity index (χ3n) is 2.60. The zero-order chi connectivity index (χ0) is 15.2. The second kappa shape index (κ2) is 7.38. The van der Waals surface area contributed by atoms with E-state index in [1.807, 2.05) is 51.1 Å². The van der Waals surface area contributed by atoms with Gasteiger partial charge in [-0.25, -0.2) is 0 Å². The summed E-state index contributed by atoms with van der Waals surface area (Å²) in [6.45, 7) is 5.71. The quantitative estimate of drug-likeness (QED) is 0.767. The minimum absolute atomic E-state index is 0.00883. The van der Waals surface area contributed by atoms with Crippen LogP contribution in [0.3, 0.4) is 0 Å². The maximum absolute atomic E-state index is 11.7. The summed E-state index contributed by atoms with van der Waals surface area (Å²) >= 11 is 0. The highest BCUT2D eigenvalue weighted by molar-refractivity contribution is 5.76. The maximum atomic E-state index is 11.7. The number of esters is 1. The summed E-state index contributed by atoms with van der Waals surface area (Å²) in [5.41, 5.74) is 6.12. The molecule has 1 aromatic carbocycles. The monoisotopic (exact) mass is 281 g/mol. The molecule has 2 atom stereocenters. The molecule has 1 rings (SSSR count). The molecule has 0 aliphatic rings. The second-order valence-electron chi connectivity index (χ2n) is 5.61. The van der Waals surface area contributed by atoms with Crippen molar-refractivity contribution >= 4 is 5.97 Å². The molecule has 0 fully saturated rings. The van der Waals surface area contributed by atoms with Gasteiger partial charge in [0.15, 0.2) is 0 Å². The van der Waals surface area contributed by atoms with Gasteiger partial charge in [-0.1, -0.05) is 30.3 Å². The average molecular weight is 281 g/mol. The van der Waals surface area contributed by atoms with Crippen molar-refractivity contribution in [2.24, 2.45) is 5.73 Å². The van der Waals surface area contributed by atoms with Gasteiger partial charge in [0.2, 0.25) is 0 Å². The molecule has 2 unspecified atom stereocenters. The predicted molar refractivity (Wildman–Crippen MR) is 75.9 cm³/mol. The summed E-state index contributed by atoms with van der Waals surface area (Å²) in [6.07, 6.45) is -1.09. The topological polar surface area (TPSA) is 81.8 Å². The van der Waals surface area contributed by atoms with Gasteiger partial charge in [0.05, 0.1) is 12.2 Å². The Balaban J connectivity index is 2.38. The van der Waals surface area contributed by atoms with Gasteiger partial charge in [0.25, 0.3) is 0 Å². The zero-order valence-corrected chi connectivity index (χ0v) is 12.2. The number of nitrogens with two attached hydrogens (primary N) is 1. The molecule has 0 radical (unpaired) electrons. The lowest BCUT2D eigenvalue weighted by Crippen LogP contribution is -2.46. The molecule has 0 aliphatic carbocycles. The van der Waals surface area contributed by atoms with Crippen molar-refractivity contribution in [1.29, 1.82) is 0 Å². The molecule has 0 bridgehead atoms. The number of aliphatic hydroxyl groups is 1.